The van der Waals surface area contributed by atoms with Crippen molar-refractivity contribution < 1.29 is 9.90 Å². The van der Waals surface area contributed by atoms with E-state index in [-0.39, 0.29) is 18.1 Å². The minimum atomic E-state index is -0.121. The van der Waals surface area contributed by atoms with E-state index >= 15 is 0 Å². The Morgan fingerprint density at radius 1 is 1.10 bits per heavy atom. The molecule has 0 atom stereocenters. The van der Waals surface area contributed by atoms with Gasteiger partial charge in [-0.3, -0.25) is 9.78 Å². The number of benzene rings is 2. The summed E-state index contributed by atoms with van der Waals surface area (Å²) in [7, 11) is 0. The lowest BCUT2D eigenvalue weighted by Gasteiger charge is -2.06. The largest absolute Gasteiger partial charge is 0.508 e. The Balaban J connectivity index is 1.74. The third kappa shape index (κ3) is 3.17. The van der Waals surface area contributed by atoms with Crippen LogP contribution < -0.4 is 5.32 Å². The summed E-state index contributed by atoms with van der Waals surface area (Å²) in [5.74, 6) is 0.00780. The molecule has 1 amide bonds. The Morgan fingerprint density at radius 2 is 2.00 bits per heavy atom. The lowest BCUT2D eigenvalue weighted by molar-refractivity contribution is -0.115. The highest BCUT2D eigenvalue weighted by molar-refractivity contribution is 5.93. The lowest BCUT2D eigenvalue weighted by atomic mass is 10.1. The summed E-state index contributed by atoms with van der Waals surface area (Å²) >= 11 is 0. The molecule has 0 radical (unpaired) electrons. The molecule has 3 rings (SSSR count). The van der Waals surface area contributed by atoms with Gasteiger partial charge in [-0.15, -0.1) is 0 Å². The first-order valence-corrected chi connectivity index (χ1v) is 6.63. The molecule has 4 heteroatoms. The van der Waals surface area contributed by atoms with E-state index in [1.165, 1.54) is 6.07 Å². The highest BCUT2D eigenvalue weighted by Gasteiger charge is 2.05. The molecule has 0 bridgehead atoms. The zero-order valence-electron chi connectivity index (χ0n) is 11.3. The first kappa shape index (κ1) is 13.1. The van der Waals surface area contributed by atoms with Crippen LogP contribution in [0.1, 0.15) is 5.56 Å². The number of phenolic OH excluding ortho intramolecular Hbond substituents is 1. The Kier molecular flexibility index (Phi) is 3.51. The maximum atomic E-state index is 12.0. The minimum absolute atomic E-state index is 0.121. The van der Waals surface area contributed by atoms with Crippen molar-refractivity contribution in [2.24, 2.45) is 0 Å². The molecule has 0 spiro atoms. The van der Waals surface area contributed by atoms with Crippen molar-refractivity contribution in [3.63, 3.8) is 0 Å². The van der Waals surface area contributed by atoms with Gasteiger partial charge in [-0.2, -0.15) is 0 Å². The van der Waals surface area contributed by atoms with E-state index in [0.29, 0.717) is 5.69 Å². The number of hydrogen-bond donors (Lipinski definition) is 2. The molecular formula is C17H14N2O2. The van der Waals surface area contributed by atoms with Crippen molar-refractivity contribution in [3.05, 3.63) is 66.4 Å². The number of anilines is 1. The van der Waals surface area contributed by atoms with Crippen LogP contribution in [0.15, 0.2) is 60.8 Å². The molecule has 0 fully saturated rings. The summed E-state index contributed by atoms with van der Waals surface area (Å²) in [6.07, 6.45) is 2.02. The van der Waals surface area contributed by atoms with Gasteiger partial charge in [0.25, 0.3) is 0 Å². The molecule has 104 valence electrons. The van der Waals surface area contributed by atoms with Gasteiger partial charge >= 0.3 is 0 Å². The SMILES string of the molecule is O=C(Cc1ccc2ncccc2c1)Nc1cccc(O)c1. The van der Waals surface area contributed by atoms with E-state index in [4.69, 9.17) is 0 Å². The number of fused-ring (bicyclic) bond motifs is 1. The molecule has 2 N–H and O–H groups in total. The lowest BCUT2D eigenvalue weighted by Crippen LogP contribution is -2.14. The van der Waals surface area contributed by atoms with Crippen molar-refractivity contribution in [1.29, 1.82) is 0 Å². The predicted molar refractivity (Wildman–Crippen MR) is 82.2 cm³/mol. The smallest absolute Gasteiger partial charge is 0.228 e. The Hall–Kier alpha value is -2.88. The van der Waals surface area contributed by atoms with Crippen LogP contribution in [0.5, 0.6) is 5.75 Å². The molecule has 1 heterocycles. The summed E-state index contributed by atoms with van der Waals surface area (Å²) in [6.45, 7) is 0. The third-order valence-corrected chi connectivity index (χ3v) is 3.16. The van der Waals surface area contributed by atoms with Gasteiger partial charge in [0, 0.05) is 23.3 Å². The number of carbonyl (C=O) groups excluding carboxylic acids is 1. The maximum absolute atomic E-state index is 12.0. The molecule has 2 aromatic carbocycles. The molecule has 3 aromatic rings. The first-order chi connectivity index (χ1) is 10.2. The topological polar surface area (TPSA) is 62.2 Å². The molecule has 21 heavy (non-hydrogen) atoms. The van der Waals surface area contributed by atoms with E-state index < -0.39 is 0 Å². The molecule has 4 nitrogen and oxygen atoms in total. The number of aromatic hydroxyl groups is 1. The molecule has 0 aliphatic carbocycles. The van der Waals surface area contributed by atoms with E-state index in [1.807, 2.05) is 30.3 Å². The van der Waals surface area contributed by atoms with Crippen molar-refractivity contribution in [2.75, 3.05) is 5.32 Å². The molecule has 0 aliphatic heterocycles. The third-order valence-electron chi connectivity index (χ3n) is 3.16. The van der Waals surface area contributed by atoms with E-state index in [9.17, 15) is 9.90 Å². The second kappa shape index (κ2) is 5.63. The number of rotatable bonds is 3. The van der Waals surface area contributed by atoms with Crippen LogP contribution in [-0.2, 0) is 11.2 Å². The highest BCUT2D eigenvalue weighted by Crippen LogP contribution is 2.17. The second-order valence-electron chi connectivity index (χ2n) is 4.81. The van der Waals surface area contributed by atoms with Gasteiger partial charge in [-0.25, -0.2) is 0 Å². The Morgan fingerprint density at radius 3 is 2.86 bits per heavy atom. The van der Waals surface area contributed by atoms with Gasteiger partial charge in [0.05, 0.1) is 11.9 Å². The number of aromatic nitrogens is 1. The van der Waals surface area contributed by atoms with Crippen LogP contribution in [0.3, 0.4) is 0 Å². The van der Waals surface area contributed by atoms with Crippen LogP contribution in [0.2, 0.25) is 0 Å². The molecule has 0 unspecified atom stereocenters. The number of carbonyl (C=O) groups is 1. The molecule has 0 saturated heterocycles. The molecule has 0 saturated carbocycles. The fourth-order valence-electron chi connectivity index (χ4n) is 2.21. The van der Waals surface area contributed by atoms with Crippen molar-refractivity contribution in [3.8, 4) is 5.75 Å². The number of pyridine rings is 1. The monoisotopic (exact) mass is 278 g/mol. The number of nitrogens with one attached hydrogen (secondary N) is 1. The fourth-order valence-corrected chi connectivity index (χ4v) is 2.21. The highest BCUT2D eigenvalue weighted by atomic mass is 16.3. The van der Waals surface area contributed by atoms with Crippen LogP contribution in [0, 0.1) is 0 Å². The molecule has 1 aromatic heterocycles. The summed E-state index contributed by atoms with van der Waals surface area (Å²) in [6, 6.07) is 16.1. The average molecular weight is 278 g/mol. The predicted octanol–water partition coefficient (Wildman–Crippen LogP) is 3.12. The van der Waals surface area contributed by atoms with Gasteiger partial charge in [-0.1, -0.05) is 18.2 Å². The van der Waals surface area contributed by atoms with Crippen molar-refractivity contribution in [2.45, 2.75) is 6.42 Å². The number of amides is 1. The van der Waals surface area contributed by atoms with Crippen molar-refractivity contribution >= 4 is 22.5 Å². The summed E-state index contributed by atoms with van der Waals surface area (Å²) in [4.78, 5) is 16.3. The minimum Gasteiger partial charge on any atom is -0.508 e. The van der Waals surface area contributed by atoms with Crippen LogP contribution in [-0.4, -0.2) is 16.0 Å². The second-order valence-corrected chi connectivity index (χ2v) is 4.81. The number of phenols is 1. The van der Waals surface area contributed by atoms with E-state index in [0.717, 1.165) is 16.5 Å². The summed E-state index contributed by atoms with van der Waals surface area (Å²) in [5.41, 5.74) is 2.42. The zero-order valence-corrected chi connectivity index (χ0v) is 11.3. The van der Waals surface area contributed by atoms with E-state index in [2.05, 4.69) is 10.3 Å². The summed E-state index contributed by atoms with van der Waals surface area (Å²) < 4.78 is 0. The fraction of sp³-hybridized carbons (Fsp3) is 0.0588. The normalized spacial score (nSPS) is 10.5. The van der Waals surface area contributed by atoms with Gasteiger partial charge in [-0.05, 0) is 35.9 Å². The average Bonchev–Trinajstić information content (AvgIpc) is 2.47. The Bertz CT molecular complexity index is 799. The quantitative estimate of drug-likeness (QED) is 0.773. The van der Waals surface area contributed by atoms with Crippen LogP contribution >= 0.6 is 0 Å². The maximum Gasteiger partial charge on any atom is 0.228 e. The Labute approximate surface area is 122 Å². The van der Waals surface area contributed by atoms with Crippen LogP contribution in [0.25, 0.3) is 10.9 Å². The standard InChI is InChI=1S/C17H14N2O2/c20-15-5-1-4-14(11-15)19-17(21)10-12-6-7-16-13(9-12)3-2-8-18-16/h1-9,11,20H,10H2,(H,19,21). The van der Waals surface area contributed by atoms with E-state index in [1.54, 1.807) is 24.4 Å². The van der Waals surface area contributed by atoms with Gasteiger partial charge < -0.3 is 10.4 Å². The van der Waals surface area contributed by atoms with Crippen LogP contribution in [0.4, 0.5) is 5.69 Å². The summed E-state index contributed by atoms with van der Waals surface area (Å²) in [5, 5.41) is 13.2. The van der Waals surface area contributed by atoms with Gasteiger partial charge in [0.2, 0.25) is 5.91 Å². The first-order valence-electron chi connectivity index (χ1n) is 6.63. The van der Waals surface area contributed by atoms with Crippen molar-refractivity contribution in [1.82, 2.24) is 4.98 Å². The molecular weight excluding hydrogens is 264 g/mol. The zero-order chi connectivity index (χ0) is 14.7. The number of nitrogens with zero attached hydrogens (tertiary/aromatic N) is 1. The number of hydrogen-bond acceptors (Lipinski definition) is 3. The van der Waals surface area contributed by atoms with Gasteiger partial charge in [0.1, 0.15) is 5.75 Å². The van der Waals surface area contributed by atoms with Gasteiger partial charge in [0.15, 0.2) is 0 Å². The molecule has 0 aliphatic rings.